The predicted octanol–water partition coefficient (Wildman–Crippen LogP) is 3.60. The van der Waals surface area contributed by atoms with Crippen LogP contribution in [0.1, 0.15) is 31.4 Å². The molecule has 1 aliphatic heterocycles. The number of carbonyl (C=O) groups is 2. The molecular weight excluding hydrogens is 450 g/mol. The molecule has 0 radical (unpaired) electrons. The SMILES string of the molecule is Cc1cccc(-c2sc(C)nc2C(=O)N2CCOC2CNC(=O)c2cccc3nccnc23)c1. The van der Waals surface area contributed by atoms with Gasteiger partial charge >= 0.3 is 0 Å². The summed E-state index contributed by atoms with van der Waals surface area (Å²) in [6.07, 6.45) is 2.57. The van der Waals surface area contributed by atoms with Crippen molar-refractivity contribution >= 4 is 34.2 Å². The van der Waals surface area contributed by atoms with E-state index < -0.39 is 6.23 Å². The van der Waals surface area contributed by atoms with Gasteiger partial charge in [0.15, 0.2) is 0 Å². The van der Waals surface area contributed by atoms with Gasteiger partial charge in [-0.15, -0.1) is 11.3 Å². The van der Waals surface area contributed by atoms with E-state index >= 15 is 0 Å². The number of thiazole rings is 1. The first kappa shape index (κ1) is 22.1. The number of rotatable bonds is 5. The molecular formula is C25H23N5O3S. The van der Waals surface area contributed by atoms with Crippen LogP contribution in [0.3, 0.4) is 0 Å². The summed E-state index contributed by atoms with van der Waals surface area (Å²) in [4.78, 5) is 41.9. The molecule has 3 heterocycles. The third kappa shape index (κ3) is 4.27. The molecule has 1 aliphatic rings. The summed E-state index contributed by atoms with van der Waals surface area (Å²) in [5.74, 6) is -0.493. The number of aryl methyl sites for hydroxylation is 2. The monoisotopic (exact) mass is 473 g/mol. The molecule has 0 saturated carbocycles. The average molecular weight is 474 g/mol. The lowest BCUT2D eigenvalue weighted by Gasteiger charge is -2.23. The Kier molecular flexibility index (Phi) is 6.04. The van der Waals surface area contributed by atoms with Crippen molar-refractivity contribution in [2.75, 3.05) is 19.7 Å². The van der Waals surface area contributed by atoms with Crippen molar-refractivity contribution in [1.29, 1.82) is 0 Å². The van der Waals surface area contributed by atoms with Crippen LogP contribution < -0.4 is 5.32 Å². The number of carbonyl (C=O) groups excluding carboxylic acids is 2. The lowest BCUT2D eigenvalue weighted by Crippen LogP contribution is -2.44. The van der Waals surface area contributed by atoms with E-state index in [4.69, 9.17) is 4.74 Å². The summed E-state index contributed by atoms with van der Waals surface area (Å²) in [7, 11) is 0. The summed E-state index contributed by atoms with van der Waals surface area (Å²) in [6, 6.07) is 13.3. The van der Waals surface area contributed by atoms with Gasteiger partial charge in [-0.25, -0.2) is 4.98 Å². The fourth-order valence-electron chi connectivity index (χ4n) is 4.06. The van der Waals surface area contributed by atoms with Crippen LogP contribution in [0, 0.1) is 13.8 Å². The van der Waals surface area contributed by atoms with Gasteiger partial charge in [0.2, 0.25) is 0 Å². The molecule has 1 unspecified atom stereocenters. The van der Waals surface area contributed by atoms with Crippen LogP contribution in [0.15, 0.2) is 54.9 Å². The van der Waals surface area contributed by atoms with Gasteiger partial charge in [-0.3, -0.25) is 19.6 Å². The summed E-state index contributed by atoms with van der Waals surface area (Å²) in [5.41, 5.74) is 4.11. The highest BCUT2D eigenvalue weighted by molar-refractivity contribution is 7.15. The van der Waals surface area contributed by atoms with Crippen molar-refractivity contribution in [3.05, 3.63) is 76.7 Å². The van der Waals surface area contributed by atoms with Crippen LogP contribution in [-0.4, -0.2) is 57.6 Å². The normalized spacial score (nSPS) is 15.6. The van der Waals surface area contributed by atoms with E-state index in [0.29, 0.717) is 35.4 Å². The first-order valence-electron chi connectivity index (χ1n) is 11.0. The standard InChI is InChI=1S/C25H23N5O3S/c1-15-5-3-6-17(13-15)23-22(29-16(2)34-23)25(32)30-11-12-33-20(30)14-28-24(31)18-7-4-8-19-21(18)27-10-9-26-19/h3-10,13,20H,11-12,14H2,1-2H3,(H,28,31). The maximum Gasteiger partial charge on any atom is 0.276 e. The van der Waals surface area contributed by atoms with Crippen molar-refractivity contribution in [2.45, 2.75) is 20.1 Å². The lowest BCUT2D eigenvalue weighted by molar-refractivity contribution is 0.0277. The topological polar surface area (TPSA) is 97.3 Å². The minimum absolute atomic E-state index is 0.157. The Hall–Kier alpha value is -3.69. The minimum atomic E-state index is -0.579. The molecule has 9 heteroatoms. The molecule has 34 heavy (non-hydrogen) atoms. The van der Waals surface area contributed by atoms with Crippen LogP contribution in [0.25, 0.3) is 21.5 Å². The number of ether oxygens (including phenoxy) is 1. The molecule has 1 fully saturated rings. The molecule has 0 aliphatic carbocycles. The van der Waals surface area contributed by atoms with E-state index in [2.05, 4.69) is 26.3 Å². The Bertz CT molecular complexity index is 1380. The fraction of sp³-hybridized carbons (Fsp3) is 0.240. The van der Waals surface area contributed by atoms with E-state index in [9.17, 15) is 9.59 Å². The second kappa shape index (κ2) is 9.28. The largest absolute Gasteiger partial charge is 0.355 e. The Labute approximate surface area is 200 Å². The van der Waals surface area contributed by atoms with Crippen LogP contribution in [0.4, 0.5) is 0 Å². The molecule has 2 aromatic carbocycles. The van der Waals surface area contributed by atoms with E-state index in [-0.39, 0.29) is 18.4 Å². The van der Waals surface area contributed by atoms with Crippen molar-refractivity contribution in [3.8, 4) is 10.4 Å². The zero-order valence-electron chi connectivity index (χ0n) is 18.8. The summed E-state index contributed by atoms with van der Waals surface area (Å²) in [5, 5.41) is 3.71. The number of para-hydroxylation sites is 1. The number of amides is 2. The zero-order chi connectivity index (χ0) is 23.7. The number of benzene rings is 2. The molecule has 2 aromatic heterocycles. The number of hydrogen-bond acceptors (Lipinski definition) is 7. The average Bonchev–Trinajstić information content (AvgIpc) is 3.48. The number of nitrogens with one attached hydrogen (secondary N) is 1. The van der Waals surface area contributed by atoms with E-state index in [0.717, 1.165) is 21.0 Å². The molecule has 1 atom stereocenters. The van der Waals surface area contributed by atoms with Gasteiger partial charge in [0.1, 0.15) is 17.4 Å². The Morgan fingerprint density at radius 1 is 1.15 bits per heavy atom. The Morgan fingerprint density at radius 3 is 2.82 bits per heavy atom. The van der Waals surface area contributed by atoms with Gasteiger partial charge in [-0.05, 0) is 31.5 Å². The van der Waals surface area contributed by atoms with Gasteiger partial charge in [0.25, 0.3) is 11.8 Å². The molecule has 1 N–H and O–H groups in total. The molecule has 0 spiro atoms. The quantitative estimate of drug-likeness (QED) is 0.476. The molecule has 5 rings (SSSR count). The predicted molar refractivity (Wildman–Crippen MR) is 130 cm³/mol. The van der Waals surface area contributed by atoms with Gasteiger partial charge in [-0.2, -0.15) is 0 Å². The number of nitrogens with zero attached hydrogens (tertiary/aromatic N) is 4. The molecule has 4 aromatic rings. The van der Waals surface area contributed by atoms with E-state index in [1.165, 1.54) is 11.3 Å². The van der Waals surface area contributed by atoms with Crippen molar-refractivity contribution in [3.63, 3.8) is 0 Å². The number of aromatic nitrogens is 3. The highest BCUT2D eigenvalue weighted by Crippen LogP contribution is 2.32. The van der Waals surface area contributed by atoms with Gasteiger partial charge in [0, 0.05) is 18.9 Å². The highest BCUT2D eigenvalue weighted by atomic mass is 32.1. The van der Waals surface area contributed by atoms with Gasteiger partial charge < -0.3 is 15.0 Å². The zero-order valence-corrected chi connectivity index (χ0v) is 19.6. The molecule has 0 bridgehead atoms. The summed E-state index contributed by atoms with van der Waals surface area (Å²) >= 11 is 1.50. The molecule has 8 nitrogen and oxygen atoms in total. The van der Waals surface area contributed by atoms with Gasteiger partial charge in [-0.1, -0.05) is 35.9 Å². The Balaban J connectivity index is 1.34. The molecule has 1 saturated heterocycles. The second-order valence-electron chi connectivity index (χ2n) is 8.04. The highest BCUT2D eigenvalue weighted by Gasteiger charge is 2.33. The summed E-state index contributed by atoms with van der Waals surface area (Å²) < 4.78 is 5.79. The number of fused-ring (bicyclic) bond motifs is 1. The van der Waals surface area contributed by atoms with Crippen LogP contribution in [0.2, 0.25) is 0 Å². The minimum Gasteiger partial charge on any atom is -0.355 e. The summed E-state index contributed by atoms with van der Waals surface area (Å²) in [6.45, 7) is 4.90. The van der Waals surface area contributed by atoms with E-state index in [1.807, 2.05) is 32.0 Å². The first-order chi connectivity index (χ1) is 16.5. The van der Waals surface area contributed by atoms with Crippen molar-refractivity contribution in [2.24, 2.45) is 0 Å². The smallest absolute Gasteiger partial charge is 0.276 e. The third-order valence-electron chi connectivity index (χ3n) is 5.65. The molecule has 172 valence electrons. The fourth-order valence-corrected chi connectivity index (χ4v) is 4.97. The van der Waals surface area contributed by atoms with Crippen LogP contribution in [-0.2, 0) is 4.74 Å². The van der Waals surface area contributed by atoms with Crippen molar-refractivity contribution < 1.29 is 14.3 Å². The number of hydrogen-bond donors (Lipinski definition) is 1. The van der Waals surface area contributed by atoms with E-state index in [1.54, 1.807) is 35.5 Å². The first-order valence-corrected chi connectivity index (χ1v) is 11.8. The maximum absolute atomic E-state index is 13.5. The van der Waals surface area contributed by atoms with Gasteiger partial charge in [0.05, 0.1) is 34.1 Å². The van der Waals surface area contributed by atoms with Crippen LogP contribution >= 0.6 is 11.3 Å². The third-order valence-corrected chi connectivity index (χ3v) is 6.67. The van der Waals surface area contributed by atoms with Crippen LogP contribution in [0.5, 0.6) is 0 Å². The molecule has 2 amide bonds. The van der Waals surface area contributed by atoms with Crippen molar-refractivity contribution in [1.82, 2.24) is 25.2 Å². The maximum atomic E-state index is 13.5. The Morgan fingerprint density at radius 2 is 1.97 bits per heavy atom. The second-order valence-corrected chi connectivity index (χ2v) is 9.25. The lowest BCUT2D eigenvalue weighted by atomic mass is 10.1.